The molecule has 0 aromatic heterocycles. The first-order valence-electron chi connectivity index (χ1n) is 7.41. The van der Waals surface area contributed by atoms with Gasteiger partial charge >= 0.3 is 37.9 Å². The molecule has 2 fully saturated rings. The van der Waals surface area contributed by atoms with Crippen LogP contribution in [0.3, 0.4) is 0 Å². The van der Waals surface area contributed by atoms with Crippen LogP contribution in [-0.4, -0.2) is 30.6 Å². The van der Waals surface area contributed by atoms with Crippen LogP contribution in [0.4, 0.5) is 0 Å². The van der Waals surface area contributed by atoms with Crippen LogP contribution in [0, 0.1) is 18.8 Å². The number of phenols is 1. The SMILES string of the molecule is COC1CC2CC1CC2N=Cc1cccc(C)c1O.[Cl][Zr][Cl]. The number of aryl methyl sites for hydroxylation is 1. The predicted octanol–water partition coefficient (Wildman–Crippen LogP) is 4.31. The van der Waals surface area contributed by atoms with Gasteiger partial charge in [0.2, 0.25) is 0 Å². The van der Waals surface area contributed by atoms with Crippen molar-refractivity contribution in [1.29, 1.82) is 0 Å². The number of nitrogens with zero attached hydrogens (tertiary/aromatic N) is 1. The second kappa shape index (κ2) is 8.82. The number of halogens is 2. The fourth-order valence-corrected chi connectivity index (χ4v) is 3.63. The molecule has 4 unspecified atom stereocenters. The fraction of sp³-hybridized carbons (Fsp3) is 0.562. The molecule has 0 saturated heterocycles. The van der Waals surface area contributed by atoms with Crippen molar-refractivity contribution in [3.05, 3.63) is 29.3 Å². The Labute approximate surface area is 150 Å². The van der Waals surface area contributed by atoms with Gasteiger partial charge in [-0.15, -0.1) is 0 Å². The van der Waals surface area contributed by atoms with Crippen LogP contribution in [0.5, 0.6) is 5.75 Å². The van der Waals surface area contributed by atoms with Crippen LogP contribution in [0.1, 0.15) is 30.4 Å². The van der Waals surface area contributed by atoms with Crippen molar-refractivity contribution in [1.82, 2.24) is 0 Å². The maximum atomic E-state index is 9.97. The Balaban J connectivity index is 0.000000545. The average Bonchev–Trinajstić information content (AvgIpc) is 3.09. The van der Waals surface area contributed by atoms with Crippen molar-refractivity contribution in [2.75, 3.05) is 7.11 Å². The summed E-state index contributed by atoms with van der Waals surface area (Å²) >= 11 is -0.826. The summed E-state index contributed by atoms with van der Waals surface area (Å²) in [5, 5.41) is 9.97. The summed E-state index contributed by atoms with van der Waals surface area (Å²) in [5.74, 6) is 1.70. The van der Waals surface area contributed by atoms with E-state index in [0.29, 0.717) is 29.7 Å². The minimum atomic E-state index is -0.826. The number of phenolic OH excluding ortho intramolecular Hbond substituents is 1. The van der Waals surface area contributed by atoms with Gasteiger partial charge in [-0.3, -0.25) is 4.99 Å². The molecular weight excluding hydrogens is 400 g/mol. The fourth-order valence-electron chi connectivity index (χ4n) is 3.63. The zero-order valence-electron chi connectivity index (χ0n) is 12.8. The molecule has 4 atom stereocenters. The van der Waals surface area contributed by atoms with Crippen molar-refractivity contribution in [3.63, 3.8) is 0 Å². The summed E-state index contributed by atoms with van der Waals surface area (Å²) in [6.45, 7) is 1.91. The van der Waals surface area contributed by atoms with E-state index >= 15 is 0 Å². The van der Waals surface area contributed by atoms with Crippen molar-refractivity contribution in [2.24, 2.45) is 16.8 Å². The Bertz CT molecular complexity index is 527. The van der Waals surface area contributed by atoms with Crippen molar-refractivity contribution in [2.45, 2.75) is 38.3 Å². The standard InChI is InChI=1S/C16H21NO2.2ClH.Zr/c1-10-4-3-5-11(16(10)18)9-17-14-7-13-6-12(14)8-15(13)19-2;;;/h3-5,9,12-15,18H,6-8H2,1-2H3;2*1H;/q;;;+2/p-2. The summed E-state index contributed by atoms with van der Waals surface area (Å²) < 4.78 is 5.50. The number of methoxy groups -OCH3 is 1. The molecule has 0 amide bonds. The molecule has 2 aliphatic rings. The average molecular weight is 421 g/mol. The second-order valence-corrected chi connectivity index (χ2v) is 9.66. The predicted molar refractivity (Wildman–Crippen MR) is 87.6 cm³/mol. The molecule has 3 nitrogen and oxygen atoms in total. The Hall–Kier alpha value is 0.113. The van der Waals surface area contributed by atoms with Gasteiger partial charge in [-0.05, 0) is 49.7 Å². The minimum absolute atomic E-state index is 0.351. The Morgan fingerprint density at radius 1 is 1.27 bits per heavy atom. The summed E-state index contributed by atoms with van der Waals surface area (Å²) in [7, 11) is 11.7. The molecule has 6 heteroatoms. The van der Waals surface area contributed by atoms with E-state index in [9.17, 15) is 5.11 Å². The Kier molecular flexibility index (Phi) is 7.40. The normalized spacial score (nSPS) is 29.5. The second-order valence-electron chi connectivity index (χ2n) is 5.93. The van der Waals surface area contributed by atoms with Crippen molar-refractivity contribution in [3.8, 4) is 5.75 Å². The van der Waals surface area contributed by atoms with Gasteiger partial charge in [0.15, 0.2) is 0 Å². The first-order chi connectivity index (χ1) is 10.6. The van der Waals surface area contributed by atoms with Crippen LogP contribution < -0.4 is 0 Å². The number of hydrogen-bond donors (Lipinski definition) is 1. The molecule has 3 rings (SSSR count). The van der Waals surface area contributed by atoms with Gasteiger partial charge in [0.1, 0.15) is 5.75 Å². The molecule has 1 N–H and O–H groups in total. The van der Waals surface area contributed by atoms with Gasteiger partial charge in [-0.25, -0.2) is 0 Å². The molecule has 120 valence electrons. The van der Waals surface area contributed by atoms with E-state index in [1.54, 1.807) is 0 Å². The molecule has 0 radical (unpaired) electrons. The van der Waals surface area contributed by atoms with E-state index in [1.807, 2.05) is 38.4 Å². The first-order valence-corrected chi connectivity index (χ1v) is 13.7. The number of hydrogen-bond acceptors (Lipinski definition) is 3. The number of benzene rings is 1. The van der Waals surface area contributed by atoms with E-state index in [2.05, 4.69) is 0 Å². The number of para-hydroxylation sites is 1. The molecular formula is C16H21Cl2NO2Zr. The molecule has 2 saturated carbocycles. The van der Waals surface area contributed by atoms with E-state index in [-0.39, 0.29) is 0 Å². The van der Waals surface area contributed by atoms with Gasteiger partial charge < -0.3 is 9.84 Å². The molecule has 2 bridgehead atoms. The van der Waals surface area contributed by atoms with E-state index in [1.165, 1.54) is 6.42 Å². The van der Waals surface area contributed by atoms with Crippen LogP contribution in [-0.2, 0) is 25.6 Å². The number of fused-ring (bicyclic) bond motifs is 2. The molecule has 1 aromatic carbocycles. The molecule has 0 heterocycles. The summed E-state index contributed by atoms with van der Waals surface area (Å²) in [5.41, 5.74) is 1.72. The molecule has 2 aliphatic carbocycles. The van der Waals surface area contributed by atoms with E-state index in [4.69, 9.17) is 26.8 Å². The summed E-state index contributed by atoms with van der Waals surface area (Å²) in [6, 6.07) is 6.19. The number of aliphatic imine (C=N–C) groups is 1. The molecule has 0 spiro atoms. The van der Waals surface area contributed by atoms with E-state index in [0.717, 1.165) is 24.0 Å². The number of aromatic hydroxyl groups is 1. The van der Waals surface area contributed by atoms with Crippen LogP contribution in [0.15, 0.2) is 23.2 Å². The van der Waals surface area contributed by atoms with Crippen molar-refractivity contribution >= 4 is 23.2 Å². The number of ether oxygens (including phenoxy) is 1. The van der Waals surface area contributed by atoms with Crippen LogP contribution in [0.25, 0.3) is 0 Å². The Morgan fingerprint density at radius 2 is 2.00 bits per heavy atom. The third kappa shape index (κ3) is 4.35. The molecule has 0 aliphatic heterocycles. The van der Waals surface area contributed by atoms with Crippen LogP contribution in [0.2, 0.25) is 0 Å². The first kappa shape index (κ1) is 18.5. The van der Waals surface area contributed by atoms with Gasteiger partial charge in [0.05, 0.1) is 12.1 Å². The van der Waals surface area contributed by atoms with Crippen LogP contribution >= 0.6 is 17.0 Å². The topological polar surface area (TPSA) is 41.8 Å². The van der Waals surface area contributed by atoms with Crippen molar-refractivity contribution < 1.29 is 30.7 Å². The Morgan fingerprint density at radius 3 is 2.59 bits per heavy atom. The third-order valence-corrected chi connectivity index (χ3v) is 4.73. The number of rotatable bonds is 3. The zero-order valence-corrected chi connectivity index (χ0v) is 16.8. The van der Waals surface area contributed by atoms with Gasteiger partial charge in [0, 0.05) is 18.9 Å². The van der Waals surface area contributed by atoms with E-state index < -0.39 is 20.8 Å². The summed E-state index contributed by atoms with van der Waals surface area (Å²) in [4.78, 5) is 4.71. The quantitative estimate of drug-likeness (QED) is 0.739. The maximum absolute atomic E-state index is 9.97. The van der Waals surface area contributed by atoms with Gasteiger partial charge in [0.25, 0.3) is 0 Å². The summed E-state index contributed by atoms with van der Waals surface area (Å²) in [6.07, 6.45) is 5.81. The third-order valence-electron chi connectivity index (χ3n) is 4.73. The monoisotopic (exact) mass is 419 g/mol. The van der Waals surface area contributed by atoms with Gasteiger partial charge in [-0.1, -0.05) is 12.1 Å². The molecule has 22 heavy (non-hydrogen) atoms. The van der Waals surface area contributed by atoms with Gasteiger partial charge in [-0.2, -0.15) is 0 Å². The zero-order chi connectivity index (χ0) is 16.1. The molecule has 1 aromatic rings.